The number of hydrogen-bond donors (Lipinski definition) is 0. The van der Waals surface area contributed by atoms with Gasteiger partial charge in [-0.05, 0) is 37.1 Å². The first-order chi connectivity index (χ1) is 10.8. The third kappa shape index (κ3) is 3.29. The van der Waals surface area contributed by atoms with Crippen molar-refractivity contribution in [3.63, 3.8) is 0 Å². The van der Waals surface area contributed by atoms with Gasteiger partial charge in [-0.2, -0.15) is 5.26 Å². The van der Waals surface area contributed by atoms with E-state index in [-0.39, 0.29) is 11.9 Å². The summed E-state index contributed by atoms with van der Waals surface area (Å²) in [6.45, 7) is 4.44. The van der Waals surface area contributed by atoms with E-state index in [9.17, 15) is 4.79 Å². The van der Waals surface area contributed by atoms with Gasteiger partial charge in [0.25, 0.3) is 0 Å². The number of carbonyl (C=O) groups is 1. The Morgan fingerprint density at radius 1 is 1.23 bits per heavy atom. The fourth-order valence-electron chi connectivity index (χ4n) is 3.21. The smallest absolute Gasteiger partial charge is 0.240 e. The number of benzene rings is 1. The zero-order chi connectivity index (χ0) is 15.4. The molecule has 116 valence electrons. The predicted molar refractivity (Wildman–Crippen MR) is 82.0 cm³/mol. The Labute approximate surface area is 131 Å². The summed E-state index contributed by atoms with van der Waals surface area (Å²) in [5.74, 6) is 0.245. The molecule has 0 bridgehead atoms. The zero-order valence-corrected chi connectivity index (χ0v) is 12.7. The first-order valence-corrected chi connectivity index (χ1v) is 7.87. The molecule has 0 spiro atoms. The summed E-state index contributed by atoms with van der Waals surface area (Å²) in [4.78, 5) is 16.9. The molecule has 1 aromatic rings. The molecule has 5 nitrogen and oxygen atoms in total. The van der Waals surface area contributed by atoms with E-state index in [0.717, 1.165) is 31.5 Å². The molecule has 0 aromatic heterocycles. The molecule has 0 saturated carbocycles. The third-order valence-corrected chi connectivity index (χ3v) is 4.44. The molecule has 22 heavy (non-hydrogen) atoms. The minimum Gasteiger partial charge on any atom is -0.378 e. The Kier molecular flexibility index (Phi) is 4.71. The lowest BCUT2D eigenvalue weighted by Crippen LogP contribution is -2.49. The van der Waals surface area contributed by atoms with E-state index in [4.69, 9.17) is 10.00 Å². The van der Waals surface area contributed by atoms with Gasteiger partial charge >= 0.3 is 0 Å². The Morgan fingerprint density at radius 2 is 1.95 bits per heavy atom. The summed E-state index contributed by atoms with van der Waals surface area (Å²) in [5, 5.41) is 8.85. The lowest BCUT2D eigenvalue weighted by atomic mass is 10.1. The maximum Gasteiger partial charge on any atom is 0.240 e. The molecule has 0 N–H and O–H groups in total. The summed E-state index contributed by atoms with van der Waals surface area (Å²) < 4.78 is 5.32. The molecular weight excluding hydrogens is 278 g/mol. The van der Waals surface area contributed by atoms with Crippen molar-refractivity contribution in [1.82, 2.24) is 9.80 Å². The van der Waals surface area contributed by atoms with E-state index in [1.165, 1.54) is 0 Å². The molecule has 1 atom stereocenters. The molecule has 1 unspecified atom stereocenters. The van der Waals surface area contributed by atoms with Crippen LogP contribution in [0.5, 0.6) is 0 Å². The molecule has 1 amide bonds. The summed E-state index contributed by atoms with van der Waals surface area (Å²) in [6, 6.07) is 9.76. The van der Waals surface area contributed by atoms with Crippen LogP contribution in [-0.2, 0) is 16.1 Å². The van der Waals surface area contributed by atoms with Crippen LogP contribution in [0, 0.1) is 11.3 Å². The lowest BCUT2D eigenvalue weighted by molar-refractivity contribution is -0.140. The van der Waals surface area contributed by atoms with Crippen molar-refractivity contribution in [2.24, 2.45) is 0 Å². The van der Waals surface area contributed by atoms with Crippen molar-refractivity contribution in [1.29, 1.82) is 5.26 Å². The van der Waals surface area contributed by atoms with Gasteiger partial charge in [-0.15, -0.1) is 0 Å². The van der Waals surface area contributed by atoms with Gasteiger partial charge in [-0.25, -0.2) is 0 Å². The maximum absolute atomic E-state index is 12.7. The molecule has 0 aliphatic carbocycles. The first-order valence-electron chi connectivity index (χ1n) is 7.87. The first kappa shape index (κ1) is 15.0. The highest BCUT2D eigenvalue weighted by atomic mass is 16.5. The maximum atomic E-state index is 12.7. The molecular formula is C17H21N3O2. The van der Waals surface area contributed by atoms with E-state index in [2.05, 4.69) is 11.0 Å². The van der Waals surface area contributed by atoms with Crippen molar-refractivity contribution in [2.45, 2.75) is 25.4 Å². The SMILES string of the molecule is N#Cc1ccc(CN2CCCC2C(=O)N2CCOCC2)cc1. The Morgan fingerprint density at radius 3 is 2.64 bits per heavy atom. The zero-order valence-electron chi connectivity index (χ0n) is 12.7. The number of rotatable bonds is 3. The lowest BCUT2D eigenvalue weighted by Gasteiger charge is -2.32. The Bertz CT molecular complexity index is 558. The van der Waals surface area contributed by atoms with Gasteiger partial charge in [0, 0.05) is 19.6 Å². The molecule has 0 radical (unpaired) electrons. The van der Waals surface area contributed by atoms with Gasteiger partial charge in [0.05, 0.1) is 30.9 Å². The van der Waals surface area contributed by atoms with Gasteiger partial charge in [0.2, 0.25) is 5.91 Å². The fourth-order valence-corrected chi connectivity index (χ4v) is 3.21. The molecule has 5 heteroatoms. The van der Waals surface area contributed by atoms with Crippen molar-refractivity contribution in [2.75, 3.05) is 32.8 Å². The van der Waals surface area contributed by atoms with Crippen molar-refractivity contribution in [3.05, 3.63) is 35.4 Å². The molecule has 2 aliphatic heterocycles. The summed E-state index contributed by atoms with van der Waals surface area (Å²) >= 11 is 0. The number of nitriles is 1. The summed E-state index contributed by atoms with van der Waals surface area (Å²) in [6.07, 6.45) is 2.00. The van der Waals surface area contributed by atoms with Crippen LogP contribution in [0.3, 0.4) is 0 Å². The van der Waals surface area contributed by atoms with Crippen LogP contribution in [0.15, 0.2) is 24.3 Å². The number of nitrogens with zero attached hydrogens (tertiary/aromatic N) is 3. The number of hydrogen-bond acceptors (Lipinski definition) is 4. The van der Waals surface area contributed by atoms with Crippen LogP contribution >= 0.6 is 0 Å². The highest BCUT2D eigenvalue weighted by Crippen LogP contribution is 2.22. The van der Waals surface area contributed by atoms with Gasteiger partial charge < -0.3 is 9.64 Å². The van der Waals surface area contributed by atoms with E-state index < -0.39 is 0 Å². The van der Waals surface area contributed by atoms with Crippen molar-refractivity contribution in [3.8, 4) is 6.07 Å². The molecule has 1 aromatic carbocycles. The normalized spacial score (nSPS) is 22.5. The summed E-state index contributed by atoms with van der Waals surface area (Å²) in [5.41, 5.74) is 1.83. The number of ether oxygens (including phenoxy) is 1. The Hall–Kier alpha value is -1.90. The molecule has 3 rings (SSSR count). The second kappa shape index (κ2) is 6.91. The minimum atomic E-state index is -0.00579. The van der Waals surface area contributed by atoms with Crippen LogP contribution in [0.2, 0.25) is 0 Å². The molecule has 2 fully saturated rings. The average molecular weight is 299 g/mol. The summed E-state index contributed by atoms with van der Waals surface area (Å²) in [7, 11) is 0. The van der Waals surface area contributed by atoms with Crippen molar-refractivity contribution < 1.29 is 9.53 Å². The van der Waals surface area contributed by atoms with E-state index >= 15 is 0 Å². The highest BCUT2D eigenvalue weighted by molar-refractivity contribution is 5.82. The third-order valence-electron chi connectivity index (χ3n) is 4.44. The van der Waals surface area contributed by atoms with E-state index in [0.29, 0.717) is 31.9 Å². The molecule has 2 saturated heterocycles. The monoisotopic (exact) mass is 299 g/mol. The Balaban J connectivity index is 1.64. The largest absolute Gasteiger partial charge is 0.378 e. The second-order valence-corrected chi connectivity index (χ2v) is 5.87. The number of amides is 1. The van der Waals surface area contributed by atoms with Crippen LogP contribution in [0.25, 0.3) is 0 Å². The predicted octanol–water partition coefficient (Wildman–Crippen LogP) is 1.38. The van der Waals surface area contributed by atoms with Crippen LogP contribution in [0.1, 0.15) is 24.0 Å². The fraction of sp³-hybridized carbons (Fsp3) is 0.529. The van der Waals surface area contributed by atoms with Gasteiger partial charge in [-0.3, -0.25) is 9.69 Å². The molecule has 2 heterocycles. The number of morpholine rings is 1. The van der Waals surface area contributed by atoms with E-state index in [1.54, 1.807) is 0 Å². The second-order valence-electron chi connectivity index (χ2n) is 5.87. The van der Waals surface area contributed by atoms with Crippen LogP contribution < -0.4 is 0 Å². The average Bonchev–Trinajstić information content (AvgIpc) is 3.04. The van der Waals surface area contributed by atoms with Crippen LogP contribution in [-0.4, -0.2) is 54.6 Å². The van der Waals surface area contributed by atoms with Gasteiger partial charge in [-0.1, -0.05) is 12.1 Å². The van der Waals surface area contributed by atoms with Crippen molar-refractivity contribution >= 4 is 5.91 Å². The highest BCUT2D eigenvalue weighted by Gasteiger charge is 2.34. The van der Waals surface area contributed by atoms with Crippen LogP contribution in [0.4, 0.5) is 0 Å². The minimum absolute atomic E-state index is 0.00579. The van der Waals surface area contributed by atoms with Gasteiger partial charge in [0.1, 0.15) is 0 Å². The van der Waals surface area contributed by atoms with E-state index in [1.807, 2.05) is 29.2 Å². The number of carbonyl (C=O) groups excluding carboxylic acids is 1. The topological polar surface area (TPSA) is 56.6 Å². The standard InChI is InChI=1S/C17H21N3O2/c18-12-14-3-5-15(6-4-14)13-20-7-1-2-16(20)17(21)19-8-10-22-11-9-19/h3-6,16H,1-2,7-11,13H2. The van der Waals surface area contributed by atoms with Gasteiger partial charge in [0.15, 0.2) is 0 Å². The quantitative estimate of drug-likeness (QED) is 0.846. The number of likely N-dealkylation sites (tertiary alicyclic amines) is 1. The molecule has 2 aliphatic rings.